The van der Waals surface area contributed by atoms with Crippen LogP contribution in [0.5, 0.6) is 0 Å². The normalized spacial score (nSPS) is 14.2. The maximum absolute atomic E-state index is 13.8. The van der Waals surface area contributed by atoms with Crippen LogP contribution in [0.2, 0.25) is 0 Å². The summed E-state index contributed by atoms with van der Waals surface area (Å²) in [5, 5.41) is 14.1. The fourth-order valence-corrected chi connectivity index (χ4v) is 3.72. The van der Waals surface area contributed by atoms with Crippen molar-refractivity contribution in [1.82, 2.24) is 5.32 Å². The number of nitrogens with one attached hydrogen (secondary N) is 3. The summed E-state index contributed by atoms with van der Waals surface area (Å²) in [5.74, 6) is 0.128. The zero-order valence-electron chi connectivity index (χ0n) is 18.1. The Labute approximate surface area is 192 Å². The van der Waals surface area contributed by atoms with Gasteiger partial charge < -0.3 is 25.8 Å². The molecule has 7 nitrogen and oxygen atoms in total. The van der Waals surface area contributed by atoms with Crippen LogP contribution in [0.25, 0.3) is 0 Å². The first-order valence-corrected chi connectivity index (χ1v) is 10.6. The average molecular weight is 443 g/mol. The Morgan fingerprint density at radius 1 is 0.939 bits per heavy atom. The number of amides is 1. The van der Waals surface area contributed by atoms with Crippen molar-refractivity contribution in [2.24, 2.45) is 5.73 Å². The number of nitrogen functional groups attached to an aromatic ring is 1. The Kier molecular flexibility index (Phi) is 6.59. The number of rotatable bonds is 9. The number of carbonyl (C=O) groups excluding carboxylic acids is 1. The summed E-state index contributed by atoms with van der Waals surface area (Å²) < 4.78 is 11.1. The largest absolute Gasteiger partial charge is 0.461 e. The van der Waals surface area contributed by atoms with Gasteiger partial charge in [-0.15, -0.1) is 0 Å². The molecule has 0 bridgehead atoms. The SMILES string of the molecule is N=C(N)c1ccc(N[C@](Cc2ccccc2)(C(=O)NCc2ccccc2)C2=COCO2)cc1. The van der Waals surface area contributed by atoms with E-state index in [1.165, 1.54) is 6.26 Å². The minimum absolute atomic E-state index is 0.0204. The Morgan fingerprint density at radius 2 is 1.58 bits per heavy atom. The van der Waals surface area contributed by atoms with Crippen molar-refractivity contribution in [2.75, 3.05) is 12.1 Å². The molecule has 1 atom stereocenters. The van der Waals surface area contributed by atoms with Gasteiger partial charge in [-0.3, -0.25) is 10.2 Å². The molecule has 0 radical (unpaired) electrons. The molecule has 1 amide bonds. The van der Waals surface area contributed by atoms with Gasteiger partial charge in [0.1, 0.15) is 12.1 Å². The molecule has 7 heteroatoms. The summed E-state index contributed by atoms with van der Waals surface area (Å²) in [4.78, 5) is 13.8. The average Bonchev–Trinajstić information content (AvgIpc) is 3.39. The molecule has 0 saturated heterocycles. The predicted octanol–water partition coefficient (Wildman–Crippen LogP) is 3.53. The van der Waals surface area contributed by atoms with Crippen LogP contribution in [0.4, 0.5) is 5.69 Å². The van der Waals surface area contributed by atoms with E-state index in [9.17, 15) is 4.79 Å². The highest BCUT2D eigenvalue weighted by Crippen LogP contribution is 2.31. The van der Waals surface area contributed by atoms with Crippen LogP contribution in [0.1, 0.15) is 16.7 Å². The lowest BCUT2D eigenvalue weighted by molar-refractivity contribution is -0.125. The highest BCUT2D eigenvalue weighted by molar-refractivity contribution is 5.96. The Hall–Kier alpha value is -4.26. The zero-order valence-corrected chi connectivity index (χ0v) is 18.1. The summed E-state index contributed by atoms with van der Waals surface area (Å²) in [6.07, 6.45) is 1.82. The van der Waals surface area contributed by atoms with Gasteiger partial charge in [0.2, 0.25) is 6.79 Å². The van der Waals surface area contributed by atoms with E-state index < -0.39 is 5.54 Å². The molecule has 0 fully saturated rings. The van der Waals surface area contributed by atoms with Crippen LogP contribution in [0, 0.1) is 5.41 Å². The number of hydrogen-bond donors (Lipinski definition) is 4. The summed E-state index contributed by atoms with van der Waals surface area (Å²) in [6, 6.07) is 26.5. The van der Waals surface area contributed by atoms with Gasteiger partial charge in [-0.1, -0.05) is 60.7 Å². The van der Waals surface area contributed by atoms with E-state index in [2.05, 4.69) is 10.6 Å². The van der Waals surface area contributed by atoms with Gasteiger partial charge in [0.05, 0.1) is 0 Å². The summed E-state index contributed by atoms with van der Waals surface area (Å²) in [5.41, 5.74) is 7.56. The number of amidine groups is 1. The molecule has 1 heterocycles. The third-order valence-electron chi connectivity index (χ3n) is 5.44. The minimum atomic E-state index is -1.26. The highest BCUT2D eigenvalue weighted by Gasteiger charge is 2.46. The second-order valence-corrected chi connectivity index (χ2v) is 7.76. The molecule has 5 N–H and O–H groups in total. The van der Waals surface area contributed by atoms with E-state index in [1.807, 2.05) is 60.7 Å². The van der Waals surface area contributed by atoms with Gasteiger partial charge in [0.25, 0.3) is 5.91 Å². The number of hydrogen-bond acceptors (Lipinski definition) is 5. The smallest absolute Gasteiger partial charge is 0.254 e. The second kappa shape index (κ2) is 9.91. The third kappa shape index (κ3) is 5.15. The maximum Gasteiger partial charge on any atom is 0.254 e. The Balaban J connectivity index is 1.70. The highest BCUT2D eigenvalue weighted by atomic mass is 16.7. The van der Waals surface area contributed by atoms with Crippen LogP contribution in [-0.4, -0.2) is 24.1 Å². The lowest BCUT2D eigenvalue weighted by atomic mass is 9.87. The molecule has 33 heavy (non-hydrogen) atoms. The minimum Gasteiger partial charge on any atom is -0.461 e. The first-order chi connectivity index (χ1) is 16.1. The molecular weight excluding hydrogens is 416 g/mol. The van der Waals surface area contributed by atoms with Crippen molar-refractivity contribution in [2.45, 2.75) is 18.5 Å². The molecule has 0 saturated carbocycles. The molecule has 0 aromatic heterocycles. The van der Waals surface area contributed by atoms with Crippen LogP contribution in [-0.2, 0) is 27.2 Å². The van der Waals surface area contributed by atoms with Crippen molar-refractivity contribution in [3.05, 3.63) is 114 Å². The lowest BCUT2D eigenvalue weighted by Crippen LogP contribution is -2.55. The van der Waals surface area contributed by atoms with E-state index in [0.29, 0.717) is 30.0 Å². The van der Waals surface area contributed by atoms with Gasteiger partial charge in [0, 0.05) is 24.2 Å². The van der Waals surface area contributed by atoms with Crippen LogP contribution in [0.15, 0.2) is 97.0 Å². The van der Waals surface area contributed by atoms with Gasteiger partial charge in [0.15, 0.2) is 11.3 Å². The fourth-order valence-electron chi connectivity index (χ4n) is 3.72. The van der Waals surface area contributed by atoms with Crippen molar-refractivity contribution >= 4 is 17.4 Å². The summed E-state index contributed by atoms with van der Waals surface area (Å²) in [7, 11) is 0. The van der Waals surface area contributed by atoms with Gasteiger partial charge >= 0.3 is 0 Å². The molecule has 0 spiro atoms. The fraction of sp³-hybridized carbons (Fsp3) is 0.154. The van der Waals surface area contributed by atoms with Crippen molar-refractivity contribution in [3.63, 3.8) is 0 Å². The monoisotopic (exact) mass is 442 g/mol. The van der Waals surface area contributed by atoms with Gasteiger partial charge in [-0.25, -0.2) is 0 Å². The lowest BCUT2D eigenvalue weighted by Gasteiger charge is -2.34. The molecule has 1 aliphatic rings. The number of carbonyl (C=O) groups is 1. The number of ether oxygens (including phenoxy) is 2. The molecular formula is C26H26N4O3. The molecule has 0 unspecified atom stereocenters. The molecule has 4 rings (SSSR count). The zero-order chi connectivity index (χ0) is 23.1. The van der Waals surface area contributed by atoms with E-state index in [1.54, 1.807) is 24.3 Å². The number of anilines is 1. The van der Waals surface area contributed by atoms with Gasteiger partial charge in [-0.05, 0) is 35.4 Å². The summed E-state index contributed by atoms with van der Waals surface area (Å²) in [6.45, 7) is 0.415. The number of benzene rings is 3. The summed E-state index contributed by atoms with van der Waals surface area (Å²) >= 11 is 0. The maximum atomic E-state index is 13.8. The molecule has 1 aliphatic heterocycles. The quantitative estimate of drug-likeness (QED) is 0.299. The van der Waals surface area contributed by atoms with Crippen LogP contribution >= 0.6 is 0 Å². The number of nitrogens with two attached hydrogens (primary N) is 1. The van der Waals surface area contributed by atoms with E-state index >= 15 is 0 Å². The van der Waals surface area contributed by atoms with E-state index in [0.717, 1.165) is 11.1 Å². The molecule has 3 aromatic carbocycles. The van der Waals surface area contributed by atoms with E-state index in [-0.39, 0.29) is 18.5 Å². The second-order valence-electron chi connectivity index (χ2n) is 7.76. The first-order valence-electron chi connectivity index (χ1n) is 10.6. The Bertz CT molecular complexity index is 1130. The third-order valence-corrected chi connectivity index (χ3v) is 5.44. The topological polar surface area (TPSA) is 109 Å². The molecule has 168 valence electrons. The van der Waals surface area contributed by atoms with Crippen LogP contribution < -0.4 is 16.4 Å². The van der Waals surface area contributed by atoms with Crippen molar-refractivity contribution < 1.29 is 14.3 Å². The molecule has 0 aliphatic carbocycles. The molecule has 3 aromatic rings. The predicted molar refractivity (Wildman–Crippen MR) is 127 cm³/mol. The first kappa shape index (κ1) is 22.0. The van der Waals surface area contributed by atoms with Crippen LogP contribution in [0.3, 0.4) is 0 Å². The van der Waals surface area contributed by atoms with Gasteiger partial charge in [-0.2, -0.15) is 0 Å². The Morgan fingerprint density at radius 3 is 2.15 bits per heavy atom. The standard InChI is InChI=1S/C26H26N4O3/c27-24(28)21-11-13-22(14-12-21)30-26(23-17-32-18-33-23,15-19-7-3-1-4-8-19)25(31)29-16-20-9-5-2-6-10-20/h1-14,17,30H,15-16,18H2,(H3,27,28)(H,29,31)/t26-/m0/s1. The van der Waals surface area contributed by atoms with Crippen molar-refractivity contribution in [1.29, 1.82) is 5.41 Å². The van der Waals surface area contributed by atoms with Crippen molar-refractivity contribution in [3.8, 4) is 0 Å². The van der Waals surface area contributed by atoms with E-state index in [4.69, 9.17) is 20.6 Å².